The monoisotopic (exact) mass is 267 g/mol. The van der Waals surface area contributed by atoms with Crippen molar-refractivity contribution >= 4 is 0 Å². The van der Waals surface area contributed by atoms with Gasteiger partial charge in [0.25, 0.3) is 0 Å². The van der Waals surface area contributed by atoms with Crippen LogP contribution in [0.1, 0.15) is 45.2 Å². The average molecular weight is 267 g/mol. The predicted octanol–water partition coefficient (Wildman–Crippen LogP) is 4.95. The molecule has 3 aliphatic rings. The van der Waals surface area contributed by atoms with Gasteiger partial charge >= 0.3 is 0 Å². The van der Waals surface area contributed by atoms with Crippen LogP contribution < -0.4 is 0 Å². The van der Waals surface area contributed by atoms with Gasteiger partial charge in [-0.2, -0.15) is 0 Å². The molecule has 3 aromatic carbocycles. The summed E-state index contributed by atoms with van der Waals surface area (Å²) in [7, 11) is 0. The molecule has 0 atom stereocenters. The predicted molar refractivity (Wildman–Crippen MR) is 85.6 cm³/mol. The fraction of sp³-hybridized carbons (Fsp3) is 0.0952. The lowest BCUT2D eigenvalue weighted by Crippen LogP contribution is -2.26. The molecule has 0 N–H and O–H groups in total. The average Bonchev–Trinajstić information content (AvgIpc) is 2.80. The Morgan fingerprint density at radius 2 is 0.952 bits per heavy atom. The van der Waals surface area contributed by atoms with Crippen LogP contribution in [-0.4, -0.2) is 0 Å². The summed E-state index contributed by atoms with van der Waals surface area (Å²) in [4.78, 5) is 0. The van der Waals surface area contributed by atoms with Crippen LogP contribution in [0.2, 0.25) is 0 Å². The van der Waals surface area contributed by atoms with Crippen LogP contribution in [-0.2, 0) is 0 Å². The van der Waals surface area contributed by atoms with Crippen LogP contribution in [0.15, 0.2) is 78.9 Å². The third-order valence-electron chi connectivity index (χ3n) is 4.97. The van der Waals surface area contributed by atoms with Crippen LogP contribution in [0.5, 0.6) is 0 Å². The Morgan fingerprint density at radius 1 is 0.524 bits per heavy atom. The first kappa shape index (κ1) is 11.2. The lowest BCUT2D eigenvalue weighted by Gasteiger charge is -2.38. The molecule has 2 bridgehead atoms. The first-order valence-corrected chi connectivity index (χ1v) is 7.55. The topological polar surface area (TPSA) is 0 Å². The standard InChI is InChI=1S/C21H15/c1-2-8-14-15(9-3-1)21-18-12-6-4-10-16(18)20(14)17-11-5-7-13-19(17)21/h1-13,20-21H/q+1. The zero-order valence-corrected chi connectivity index (χ0v) is 11.7. The third-order valence-corrected chi connectivity index (χ3v) is 4.97. The van der Waals surface area contributed by atoms with E-state index in [9.17, 15) is 0 Å². The van der Waals surface area contributed by atoms with Crippen LogP contribution >= 0.6 is 0 Å². The van der Waals surface area contributed by atoms with Crippen molar-refractivity contribution in [1.82, 2.24) is 0 Å². The molecule has 0 aromatic heterocycles. The maximum absolute atomic E-state index is 2.30. The van der Waals surface area contributed by atoms with Crippen LogP contribution in [0.25, 0.3) is 0 Å². The van der Waals surface area contributed by atoms with Gasteiger partial charge in [-0.05, 0) is 22.3 Å². The first-order valence-electron chi connectivity index (χ1n) is 7.55. The summed E-state index contributed by atoms with van der Waals surface area (Å²) in [5.41, 5.74) is 8.89. The van der Waals surface area contributed by atoms with Gasteiger partial charge in [0, 0.05) is 35.7 Å². The van der Waals surface area contributed by atoms with Gasteiger partial charge in [0.1, 0.15) is 0 Å². The molecular formula is C21H15+. The van der Waals surface area contributed by atoms with Crippen LogP contribution in [0.3, 0.4) is 0 Å². The van der Waals surface area contributed by atoms with Crippen molar-refractivity contribution in [3.8, 4) is 0 Å². The quantitative estimate of drug-likeness (QED) is 0.348. The van der Waals surface area contributed by atoms with Gasteiger partial charge < -0.3 is 0 Å². The Hall–Kier alpha value is -2.47. The number of hydrogen-bond acceptors (Lipinski definition) is 0. The zero-order chi connectivity index (χ0) is 13.8. The van der Waals surface area contributed by atoms with Crippen molar-refractivity contribution < 1.29 is 0 Å². The van der Waals surface area contributed by atoms with E-state index in [0.717, 1.165) is 0 Å². The second-order valence-electron chi connectivity index (χ2n) is 5.95. The van der Waals surface area contributed by atoms with Gasteiger partial charge in [-0.3, -0.25) is 0 Å². The van der Waals surface area contributed by atoms with Gasteiger partial charge in [-0.15, -0.1) is 0 Å². The largest absolute Gasteiger partial charge is 0.0792 e. The fourth-order valence-corrected chi connectivity index (χ4v) is 4.18. The second-order valence-corrected chi connectivity index (χ2v) is 5.95. The van der Waals surface area contributed by atoms with E-state index in [4.69, 9.17) is 0 Å². The smallest absolute Gasteiger partial charge is 0.0619 e. The molecule has 98 valence electrons. The van der Waals surface area contributed by atoms with Crippen molar-refractivity contribution in [3.05, 3.63) is 112 Å². The van der Waals surface area contributed by atoms with Gasteiger partial charge in [-0.25, -0.2) is 0 Å². The third kappa shape index (κ3) is 1.37. The Labute approximate surface area is 124 Å². The molecular weight excluding hydrogens is 252 g/mol. The minimum absolute atomic E-state index is 0.393. The molecule has 0 heteroatoms. The molecule has 0 spiro atoms. The molecule has 0 saturated heterocycles. The molecule has 0 heterocycles. The molecule has 0 unspecified atom stereocenters. The number of benzene rings is 2. The van der Waals surface area contributed by atoms with E-state index in [1.165, 1.54) is 33.4 Å². The molecule has 0 nitrogen and oxygen atoms in total. The fourth-order valence-electron chi connectivity index (χ4n) is 4.18. The molecule has 0 fully saturated rings. The number of rotatable bonds is 0. The van der Waals surface area contributed by atoms with E-state index in [-0.39, 0.29) is 0 Å². The van der Waals surface area contributed by atoms with Crippen molar-refractivity contribution in [3.63, 3.8) is 0 Å². The van der Waals surface area contributed by atoms with E-state index in [1.54, 1.807) is 0 Å². The molecule has 0 radical (unpaired) electrons. The van der Waals surface area contributed by atoms with Crippen molar-refractivity contribution in [2.24, 2.45) is 0 Å². The molecule has 21 heavy (non-hydrogen) atoms. The lowest BCUT2D eigenvalue weighted by molar-refractivity contribution is 0.757. The summed E-state index contributed by atoms with van der Waals surface area (Å²) in [5, 5.41) is 0. The second kappa shape index (κ2) is 4.02. The Balaban J connectivity index is 1.94. The van der Waals surface area contributed by atoms with E-state index in [1.807, 2.05) is 0 Å². The normalized spacial score (nSPS) is 20.4. The summed E-state index contributed by atoms with van der Waals surface area (Å²) >= 11 is 0. The highest BCUT2D eigenvalue weighted by Crippen LogP contribution is 2.54. The zero-order valence-electron chi connectivity index (χ0n) is 11.7. The molecule has 0 amide bonds. The Morgan fingerprint density at radius 3 is 1.52 bits per heavy atom. The minimum Gasteiger partial charge on any atom is -0.0619 e. The van der Waals surface area contributed by atoms with Crippen LogP contribution in [0.4, 0.5) is 0 Å². The van der Waals surface area contributed by atoms with Gasteiger partial charge in [0.2, 0.25) is 0 Å². The summed E-state index contributed by atoms with van der Waals surface area (Å²) in [6, 6.07) is 29.0. The minimum atomic E-state index is 0.393. The highest BCUT2D eigenvalue weighted by Gasteiger charge is 2.43. The van der Waals surface area contributed by atoms with Crippen molar-refractivity contribution in [2.45, 2.75) is 11.8 Å². The molecule has 3 aromatic rings. The molecule has 0 saturated carbocycles. The van der Waals surface area contributed by atoms with Gasteiger partial charge in [0.15, 0.2) is 0 Å². The van der Waals surface area contributed by atoms with Crippen molar-refractivity contribution in [2.75, 3.05) is 0 Å². The van der Waals surface area contributed by atoms with E-state index >= 15 is 0 Å². The SMILES string of the molecule is c1ccc2c(c1)C1c3ccccc3C2c2c[cH+]cccc21. The lowest BCUT2D eigenvalue weighted by atomic mass is 9.62. The molecule has 6 rings (SSSR count). The van der Waals surface area contributed by atoms with E-state index in [2.05, 4.69) is 78.9 Å². The number of hydrogen-bond donors (Lipinski definition) is 0. The summed E-state index contributed by atoms with van der Waals surface area (Å²) in [6.07, 6.45) is 0. The summed E-state index contributed by atoms with van der Waals surface area (Å²) in [6.45, 7) is 0. The molecule has 0 aliphatic heterocycles. The maximum Gasteiger partial charge on any atom is 0.0792 e. The van der Waals surface area contributed by atoms with E-state index in [0.29, 0.717) is 11.8 Å². The van der Waals surface area contributed by atoms with Crippen LogP contribution in [0, 0.1) is 0 Å². The highest BCUT2D eigenvalue weighted by atomic mass is 14.4. The summed E-state index contributed by atoms with van der Waals surface area (Å²) in [5.74, 6) is 0.787. The van der Waals surface area contributed by atoms with E-state index < -0.39 is 0 Å². The van der Waals surface area contributed by atoms with Gasteiger partial charge in [0.05, 0.1) is 17.5 Å². The Bertz CT molecular complexity index is 749. The Kier molecular flexibility index (Phi) is 2.15. The van der Waals surface area contributed by atoms with Gasteiger partial charge in [-0.1, -0.05) is 48.5 Å². The molecule has 3 aliphatic carbocycles. The maximum atomic E-state index is 2.30. The summed E-state index contributed by atoms with van der Waals surface area (Å²) < 4.78 is 0. The first-order chi connectivity index (χ1) is 10.4. The van der Waals surface area contributed by atoms with Crippen molar-refractivity contribution in [1.29, 1.82) is 0 Å². The highest BCUT2D eigenvalue weighted by molar-refractivity contribution is 5.67.